The predicted molar refractivity (Wildman–Crippen MR) is 106 cm³/mol. The van der Waals surface area contributed by atoms with E-state index in [1.54, 1.807) is 28.5 Å². The SMILES string of the molecule is CN1C(=O)[C@](O)(C#Cc2cccc(-c3nc(C(N)=O)c4ccccn34)c2)[C@@H]2C[C@@H]21. The number of hydrogen-bond donors (Lipinski definition) is 2. The maximum absolute atomic E-state index is 12.3. The van der Waals surface area contributed by atoms with Crippen molar-refractivity contribution in [1.82, 2.24) is 14.3 Å². The number of pyridine rings is 1. The number of primary amides is 1. The van der Waals surface area contributed by atoms with E-state index in [9.17, 15) is 14.7 Å². The molecule has 144 valence electrons. The third kappa shape index (κ3) is 2.53. The molecule has 2 aromatic heterocycles. The van der Waals surface area contributed by atoms with Crippen LogP contribution in [-0.4, -0.2) is 49.9 Å². The van der Waals surface area contributed by atoms with Crippen molar-refractivity contribution in [3.05, 3.63) is 59.9 Å². The van der Waals surface area contributed by atoms with Gasteiger partial charge in [0.2, 0.25) is 5.60 Å². The van der Waals surface area contributed by atoms with E-state index in [1.807, 2.05) is 36.5 Å². The molecule has 7 nitrogen and oxygen atoms in total. The molecule has 0 radical (unpaired) electrons. The third-order valence-corrected chi connectivity index (χ3v) is 5.74. The molecule has 0 bridgehead atoms. The van der Waals surface area contributed by atoms with Crippen LogP contribution in [0.3, 0.4) is 0 Å². The Hall–Kier alpha value is -3.63. The van der Waals surface area contributed by atoms with Gasteiger partial charge in [0.15, 0.2) is 5.69 Å². The summed E-state index contributed by atoms with van der Waals surface area (Å²) in [7, 11) is 1.70. The number of aliphatic hydroxyl groups is 1. The van der Waals surface area contributed by atoms with Crippen molar-refractivity contribution in [2.75, 3.05) is 7.05 Å². The summed E-state index contributed by atoms with van der Waals surface area (Å²) in [6.45, 7) is 0. The molecule has 0 spiro atoms. The minimum absolute atomic E-state index is 0.0941. The van der Waals surface area contributed by atoms with Crippen molar-refractivity contribution in [2.45, 2.75) is 18.1 Å². The first-order chi connectivity index (χ1) is 13.9. The van der Waals surface area contributed by atoms with E-state index in [-0.39, 0.29) is 23.6 Å². The van der Waals surface area contributed by atoms with Crippen molar-refractivity contribution in [3.8, 4) is 23.2 Å². The Kier molecular flexibility index (Phi) is 3.57. The normalized spacial score (nSPS) is 24.9. The number of hydrogen-bond acceptors (Lipinski definition) is 4. The number of aromatic nitrogens is 2. The molecule has 2 fully saturated rings. The first-order valence-corrected chi connectivity index (χ1v) is 9.30. The van der Waals surface area contributed by atoms with E-state index in [0.29, 0.717) is 16.9 Å². The second-order valence-electron chi connectivity index (χ2n) is 7.53. The molecule has 1 aliphatic carbocycles. The van der Waals surface area contributed by atoms with Crippen LogP contribution in [0.4, 0.5) is 0 Å². The number of nitrogens with two attached hydrogens (primary N) is 1. The molecule has 7 heteroatoms. The van der Waals surface area contributed by atoms with Crippen molar-refractivity contribution in [2.24, 2.45) is 11.7 Å². The Morgan fingerprint density at radius 2 is 2.14 bits per heavy atom. The summed E-state index contributed by atoms with van der Waals surface area (Å²) in [5, 5.41) is 10.8. The molecule has 2 amide bonds. The van der Waals surface area contributed by atoms with Gasteiger partial charge in [-0.25, -0.2) is 4.98 Å². The average molecular weight is 386 g/mol. The summed E-state index contributed by atoms with van der Waals surface area (Å²) in [4.78, 5) is 30.1. The molecule has 1 aromatic carbocycles. The Balaban J connectivity index is 1.55. The minimum Gasteiger partial charge on any atom is -0.369 e. The number of rotatable bonds is 2. The fourth-order valence-corrected chi connectivity index (χ4v) is 4.11. The van der Waals surface area contributed by atoms with Crippen LogP contribution in [0.5, 0.6) is 0 Å². The fourth-order valence-electron chi connectivity index (χ4n) is 4.11. The number of fused-ring (bicyclic) bond motifs is 2. The van der Waals surface area contributed by atoms with Crippen LogP contribution in [0.15, 0.2) is 48.7 Å². The topological polar surface area (TPSA) is 101 Å². The average Bonchev–Trinajstić information content (AvgIpc) is 3.40. The van der Waals surface area contributed by atoms with Gasteiger partial charge in [-0.05, 0) is 30.7 Å². The molecule has 29 heavy (non-hydrogen) atoms. The van der Waals surface area contributed by atoms with Gasteiger partial charge < -0.3 is 15.7 Å². The van der Waals surface area contributed by atoms with Gasteiger partial charge in [-0.15, -0.1) is 0 Å². The summed E-state index contributed by atoms with van der Waals surface area (Å²) >= 11 is 0. The van der Waals surface area contributed by atoms with Gasteiger partial charge in [0.1, 0.15) is 5.82 Å². The van der Waals surface area contributed by atoms with Gasteiger partial charge in [0.25, 0.3) is 11.8 Å². The number of benzene rings is 1. The van der Waals surface area contributed by atoms with Crippen LogP contribution >= 0.6 is 0 Å². The second-order valence-corrected chi connectivity index (χ2v) is 7.53. The van der Waals surface area contributed by atoms with E-state index in [4.69, 9.17) is 5.73 Å². The van der Waals surface area contributed by atoms with Gasteiger partial charge >= 0.3 is 0 Å². The summed E-state index contributed by atoms with van der Waals surface area (Å²) in [5.74, 6) is 5.25. The number of imidazole rings is 1. The number of carbonyl (C=O) groups is 2. The number of piperidine rings is 1. The predicted octanol–water partition coefficient (Wildman–Crippen LogP) is 1.04. The molecule has 0 unspecified atom stereocenters. The monoisotopic (exact) mass is 386 g/mol. The molecule has 3 atom stereocenters. The summed E-state index contributed by atoms with van der Waals surface area (Å²) in [6, 6.07) is 12.8. The van der Waals surface area contributed by atoms with Crippen LogP contribution in [-0.2, 0) is 4.79 Å². The highest BCUT2D eigenvalue weighted by Gasteiger charge is 2.66. The van der Waals surface area contributed by atoms with Crippen LogP contribution in [0.2, 0.25) is 0 Å². The summed E-state index contributed by atoms with van der Waals surface area (Å²) in [5.41, 5.74) is 6.07. The molecular formula is C22H18N4O3. The van der Waals surface area contributed by atoms with E-state index in [2.05, 4.69) is 16.8 Å². The standard InChI is InChI=1S/C22H18N4O3/c1-25-17-12-15(17)22(29,21(25)28)9-8-13-5-4-6-14(11-13)20-24-18(19(23)27)16-7-2-3-10-26(16)20/h2-7,10-11,15,17,29H,12H2,1H3,(H2,23,27)/t15-,17+,22+/m1/s1. The molecule has 3 N–H and O–H groups in total. The Bertz CT molecular complexity index is 1250. The maximum Gasteiger partial charge on any atom is 0.269 e. The van der Waals surface area contributed by atoms with Crippen molar-refractivity contribution < 1.29 is 14.7 Å². The molecule has 3 heterocycles. The Morgan fingerprint density at radius 3 is 2.86 bits per heavy atom. The third-order valence-electron chi connectivity index (χ3n) is 5.74. The fraction of sp³-hybridized carbons (Fsp3) is 0.227. The van der Waals surface area contributed by atoms with Gasteiger partial charge in [0, 0.05) is 36.3 Å². The summed E-state index contributed by atoms with van der Waals surface area (Å²) < 4.78 is 1.80. The zero-order chi connectivity index (χ0) is 20.3. The van der Waals surface area contributed by atoms with Crippen molar-refractivity contribution in [3.63, 3.8) is 0 Å². The number of amides is 2. The highest BCUT2D eigenvalue weighted by atomic mass is 16.3. The maximum atomic E-state index is 12.3. The van der Waals surface area contributed by atoms with E-state index >= 15 is 0 Å². The molecule has 1 saturated carbocycles. The van der Waals surface area contributed by atoms with Gasteiger partial charge in [0.05, 0.1) is 5.52 Å². The lowest BCUT2D eigenvalue weighted by Gasteiger charge is -2.18. The molecule has 2 aliphatic rings. The molecule has 1 aliphatic heterocycles. The number of nitrogens with zero attached hydrogens (tertiary/aromatic N) is 3. The lowest BCUT2D eigenvalue weighted by Crippen LogP contribution is -2.41. The van der Waals surface area contributed by atoms with Crippen LogP contribution < -0.4 is 5.73 Å². The highest BCUT2D eigenvalue weighted by Crippen LogP contribution is 2.50. The van der Waals surface area contributed by atoms with E-state index in [1.165, 1.54) is 0 Å². The van der Waals surface area contributed by atoms with Crippen LogP contribution in [0.1, 0.15) is 22.5 Å². The smallest absolute Gasteiger partial charge is 0.269 e. The lowest BCUT2D eigenvalue weighted by atomic mass is 9.98. The lowest BCUT2D eigenvalue weighted by molar-refractivity contribution is -0.140. The first kappa shape index (κ1) is 17.5. The zero-order valence-electron chi connectivity index (χ0n) is 15.7. The quantitative estimate of drug-likeness (QED) is 0.643. The van der Waals surface area contributed by atoms with Gasteiger partial charge in [-0.1, -0.05) is 30.0 Å². The van der Waals surface area contributed by atoms with Crippen molar-refractivity contribution in [1.29, 1.82) is 0 Å². The molecule has 1 saturated heterocycles. The van der Waals surface area contributed by atoms with Crippen LogP contribution in [0, 0.1) is 17.8 Å². The van der Waals surface area contributed by atoms with E-state index < -0.39 is 11.5 Å². The van der Waals surface area contributed by atoms with Crippen LogP contribution in [0.25, 0.3) is 16.9 Å². The van der Waals surface area contributed by atoms with Gasteiger partial charge in [-0.2, -0.15) is 0 Å². The highest BCUT2D eigenvalue weighted by molar-refractivity contribution is 5.99. The number of likely N-dealkylation sites (N-methyl/N-ethyl adjacent to an activating group) is 1. The minimum atomic E-state index is -1.62. The molecule has 5 rings (SSSR count). The number of likely N-dealkylation sites (tertiary alicyclic amines) is 1. The number of carbonyl (C=O) groups excluding carboxylic acids is 2. The van der Waals surface area contributed by atoms with Crippen molar-refractivity contribution >= 4 is 17.3 Å². The Labute approximate surface area is 166 Å². The van der Waals surface area contributed by atoms with E-state index in [0.717, 1.165) is 12.0 Å². The largest absolute Gasteiger partial charge is 0.369 e. The molecular weight excluding hydrogens is 368 g/mol. The summed E-state index contributed by atoms with van der Waals surface area (Å²) in [6.07, 6.45) is 2.59. The first-order valence-electron chi connectivity index (χ1n) is 9.30. The Morgan fingerprint density at radius 1 is 1.31 bits per heavy atom. The second kappa shape index (κ2) is 5.93. The molecule has 3 aromatic rings. The van der Waals surface area contributed by atoms with Gasteiger partial charge in [-0.3, -0.25) is 14.0 Å². The zero-order valence-corrected chi connectivity index (χ0v) is 15.7.